The van der Waals surface area contributed by atoms with E-state index in [1.165, 1.54) is 11.3 Å². The molecule has 1 amide bonds. The first-order valence-electron chi connectivity index (χ1n) is 4.13. The van der Waals surface area contributed by atoms with E-state index >= 15 is 0 Å². The summed E-state index contributed by atoms with van der Waals surface area (Å²) in [6.07, 6.45) is 0. The lowest BCUT2D eigenvalue weighted by Crippen LogP contribution is -2.22. The number of anilines is 1. The molecule has 0 saturated heterocycles. The number of carbonyl (C=O) groups is 1. The third kappa shape index (κ3) is 2.66. The van der Waals surface area contributed by atoms with Crippen LogP contribution in [0.4, 0.5) is 5.13 Å². The summed E-state index contributed by atoms with van der Waals surface area (Å²) in [5.41, 5.74) is 0. The zero-order valence-electron chi connectivity index (χ0n) is 7.63. The second kappa shape index (κ2) is 4.76. The van der Waals surface area contributed by atoms with Gasteiger partial charge >= 0.3 is 0 Å². The van der Waals surface area contributed by atoms with Crippen LogP contribution in [0.5, 0.6) is 0 Å². The van der Waals surface area contributed by atoms with Gasteiger partial charge in [0.25, 0.3) is 5.91 Å². The molecule has 0 aliphatic carbocycles. The SMILES string of the molecule is CCNC(=O)c1nnc(NCC)s1. The molecular formula is C7H12N4OS. The summed E-state index contributed by atoms with van der Waals surface area (Å²) in [6.45, 7) is 5.22. The Kier molecular flexibility index (Phi) is 3.63. The van der Waals surface area contributed by atoms with Gasteiger partial charge in [-0.3, -0.25) is 4.79 Å². The highest BCUT2D eigenvalue weighted by Gasteiger charge is 2.10. The van der Waals surface area contributed by atoms with E-state index < -0.39 is 0 Å². The monoisotopic (exact) mass is 200 g/mol. The van der Waals surface area contributed by atoms with Crippen LogP contribution in [-0.2, 0) is 0 Å². The molecule has 0 spiro atoms. The maximum absolute atomic E-state index is 11.2. The molecule has 0 radical (unpaired) electrons. The van der Waals surface area contributed by atoms with Crippen molar-refractivity contribution in [1.29, 1.82) is 0 Å². The highest BCUT2D eigenvalue weighted by molar-refractivity contribution is 7.17. The minimum atomic E-state index is -0.163. The lowest BCUT2D eigenvalue weighted by atomic mass is 10.6. The Labute approximate surface area is 80.6 Å². The van der Waals surface area contributed by atoms with E-state index in [2.05, 4.69) is 20.8 Å². The summed E-state index contributed by atoms with van der Waals surface area (Å²) in [7, 11) is 0. The Morgan fingerprint density at radius 1 is 1.38 bits per heavy atom. The van der Waals surface area contributed by atoms with E-state index in [0.717, 1.165) is 6.54 Å². The van der Waals surface area contributed by atoms with Gasteiger partial charge in [-0.15, -0.1) is 10.2 Å². The van der Waals surface area contributed by atoms with Gasteiger partial charge in [-0.1, -0.05) is 11.3 Å². The zero-order valence-corrected chi connectivity index (χ0v) is 8.44. The Morgan fingerprint density at radius 3 is 2.77 bits per heavy atom. The van der Waals surface area contributed by atoms with Crippen molar-refractivity contribution >= 4 is 22.4 Å². The number of carbonyl (C=O) groups excluding carboxylic acids is 1. The highest BCUT2D eigenvalue weighted by Crippen LogP contribution is 2.14. The molecule has 0 saturated carbocycles. The molecule has 5 nitrogen and oxygen atoms in total. The lowest BCUT2D eigenvalue weighted by Gasteiger charge is -1.94. The third-order valence-electron chi connectivity index (χ3n) is 1.28. The first-order valence-corrected chi connectivity index (χ1v) is 4.95. The lowest BCUT2D eigenvalue weighted by molar-refractivity contribution is 0.0954. The van der Waals surface area contributed by atoms with Crippen molar-refractivity contribution in [3.63, 3.8) is 0 Å². The normalized spacial score (nSPS) is 9.69. The largest absolute Gasteiger partial charge is 0.360 e. The topological polar surface area (TPSA) is 66.9 Å². The van der Waals surface area contributed by atoms with E-state index in [-0.39, 0.29) is 5.91 Å². The molecule has 13 heavy (non-hydrogen) atoms. The quantitative estimate of drug-likeness (QED) is 0.751. The van der Waals surface area contributed by atoms with Crippen LogP contribution in [0.2, 0.25) is 0 Å². The van der Waals surface area contributed by atoms with Crippen molar-refractivity contribution in [3.05, 3.63) is 5.01 Å². The number of aromatic nitrogens is 2. The van der Waals surface area contributed by atoms with Crippen molar-refractivity contribution in [1.82, 2.24) is 15.5 Å². The van der Waals surface area contributed by atoms with Gasteiger partial charge in [0.05, 0.1) is 0 Å². The molecule has 1 heterocycles. The van der Waals surface area contributed by atoms with Crippen LogP contribution < -0.4 is 10.6 Å². The third-order valence-corrected chi connectivity index (χ3v) is 2.16. The maximum Gasteiger partial charge on any atom is 0.282 e. The van der Waals surface area contributed by atoms with E-state index in [9.17, 15) is 4.79 Å². The molecule has 0 fully saturated rings. The van der Waals surface area contributed by atoms with Gasteiger partial charge in [0.2, 0.25) is 10.1 Å². The average molecular weight is 200 g/mol. The summed E-state index contributed by atoms with van der Waals surface area (Å²) in [5, 5.41) is 14.3. The summed E-state index contributed by atoms with van der Waals surface area (Å²) in [6, 6.07) is 0. The van der Waals surface area contributed by atoms with Crippen LogP contribution in [0.1, 0.15) is 23.6 Å². The van der Waals surface area contributed by atoms with Crippen LogP contribution >= 0.6 is 11.3 Å². The van der Waals surface area contributed by atoms with Gasteiger partial charge in [-0.05, 0) is 13.8 Å². The van der Waals surface area contributed by atoms with Crippen molar-refractivity contribution in [2.75, 3.05) is 18.4 Å². The van der Waals surface area contributed by atoms with Crippen LogP contribution in [-0.4, -0.2) is 29.2 Å². The molecule has 2 N–H and O–H groups in total. The Hall–Kier alpha value is -1.17. The smallest absolute Gasteiger partial charge is 0.282 e. The number of hydrogen-bond donors (Lipinski definition) is 2. The molecule has 0 aliphatic heterocycles. The van der Waals surface area contributed by atoms with E-state index in [1.54, 1.807) is 0 Å². The van der Waals surface area contributed by atoms with Gasteiger partial charge in [0.1, 0.15) is 0 Å². The molecule has 6 heteroatoms. The van der Waals surface area contributed by atoms with Crippen LogP contribution in [0.25, 0.3) is 0 Å². The molecule has 1 aromatic rings. The van der Waals surface area contributed by atoms with E-state index in [4.69, 9.17) is 0 Å². The van der Waals surface area contributed by atoms with Crippen molar-refractivity contribution in [2.45, 2.75) is 13.8 Å². The van der Waals surface area contributed by atoms with Gasteiger partial charge in [0, 0.05) is 13.1 Å². The Balaban J connectivity index is 2.62. The summed E-state index contributed by atoms with van der Waals surface area (Å²) in [4.78, 5) is 11.2. The first kappa shape index (κ1) is 9.91. The number of rotatable bonds is 4. The molecule has 1 rings (SSSR count). The van der Waals surface area contributed by atoms with Crippen molar-refractivity contribution < 1.29 is 4.79 Å². The van der Waals surface area contributed by atoms with Gasteiger partial charge < -0.3 is 10.6 Å². The Morgan fingerprint density at radius 2 is 2.15 bits per heavy atom. The molecular weight excluding hydrogens is 188 g/mol. The molecule has 72 valence electrons. The standard InChI is InChI=1S/C7H12N4OS/c1-3-8-5(12)6-10-11-7(13-6)9-4-2/h3-4H2,1-2H3,(H,8,12)(H,9,11). The minimum Gasteiger partial charge on any atom is -0.360 e. The fourth-order valence-electron chi connectivity index (χ4n) is 0.774. The predicted molar refractivity (Wildman–Crippen MR) is 52.1 cm³/mol. The number of nitrogens with one attached hydrogen (secondary N) is 2. The van der Waals surface area contributed by atoms with Crippen molar-refractivity contribution in [2.24, 2.45) is 0 Å². The van der Waals surface area contributed by atoms with Gasteiger partial charge in [-0.2, -0.15) is 0 Å². The molecule has 0 bridgehead atoms. The summed E-state index contributed by atoms with van der Waals surface area (Å²) < 4.78 is 0. The zero-order chi connectivity index (χ0) is 9.68. The van der Waals surface area contributed by atoms with Crippen LogP contribution in [0.15, 0.2) is 0 Å². The predicted octanol–water partition coefficient (Wildman–Crippen LogP) is 0.720. The second-order valence-corrected chi connectivity index (χ2v) is 3.28. The minimum absolute atomic E-state index is 0.163. The van der Waals surface area contributed by atoms with Crippen molar-refractivity contribution in [3.8, 4) is 0 Å². The second-order valence-electron chi connectivity index (χ2n) is 2.30. The summed E-state index contributed by atoms with van der Waals surface area (Å²) in [5.74, 6) is -0.163. The Bertz CT molecular complexity index is 286. The fourth-order valence-corrected chi connectivity index (χ4v) is 1.50. The number of hydrogen-bond acceptors (Lipinski definition) is 5. The molecule has 1 aromatic heterocycles. The average Bonchev–Trinajstić information content (AvgIpc) is 2.54. The molecule has 0 aromatic carbocycles. The molecule has 0 aliphatic rings. The summed E-state index contributed by atoms with van der Waals surface area (Å²) >= 11 is 1.26. The highest BCUT2D eigenvalue weighted by atomic mass is 32.1. The fraction of sp³-hybridized carbons (Fsp3) is 0.571. The number of amides is 1. The van der Waals surface area contributed by atoms with Crippen LogP contribution in [0, 0.1) is 0 Å². The van der Waals surface area contributed by atoms with E-state index in [1.807, 2.05) is 13.8 Å². The molecule has 0 atom stereocenters. The van der Waals surface area contributed by atoms with Gasteiger partial charge in [-0.25, -0.2) is 0 Å². The van der Waals surface area contributed by atoms with E-state index in [0.29, 0.717) is 16.7 Å². The first-order chi connectivity index (χ1) is 6.27. The maximum atomic E-state index is 11.2. The molecule has 0 unspecified atom stereocenters. The number of nitrogens with zero attached hydrogens (tertiary/aromatic N) is 2. The van der Waals surface area contributed by atoms with Crippen LogP contribution in [0.3, 0.4) is 0 Å². The van der Waals surface area contributed by atoms with Gasteiger partial charge in [0.15, 0.2) is 0 Å².